The van der Waals surface area contributed by atoms with Gasteiger partial charge in [0.2, 0.25) is 0 Å². The van der Waals surface area contributed by atoms with E-state index in [-0.39, 0.29) is 5.91 Å². The van der Waals surface area contributed by atoms with E-state index < -0.39 is 0 Å². The van der Waals surface area contributed by atoms with Gasteiger partial charge in [0.05, 0.1) is 11.1 Å². The summed E-state index contributed by atoms with van der Waals surface area (Å²) in [6.45, 7) is 0. The van der Waals surface area contributed by atoms with Crippen LogP contribution in [0.3, 0.4) is 0 Å². The van der Waals surface area contributed by atoms with Crippen molar-refractivity contribution >= 4 is 50.3 Å². The fourth-order valence-corrected chi connectivity index (χ4v) is 2.82. The standard InChI is InChI=1S/C14H10BrN3OS/c15-10-3-4-12-11(6-10)9(7-16-12)8-17-18-14(19)13-2-1-5-20-13/h1-8,16H,(H,18,19)/b17-8+. The van der Waals surface area contributed by atoms with Crippen LogP contribution in [0.1, 0.15) is 15.2 Å². The second-order valence-electron chi connectivity index (χ2n) is 4.11. The minimum Gasteiger partial charge on any atom is -0.361 e. The zero-order chi connectivity index (χ0) is 13.9. The van der Waals surface area contributed by atoms with Crippen LogP contribution in [-0.2, 0) is 0 Å². The highest BCUT2D eigenvalue weighted by molar-refractivity contribution is 9.10. The number of benzene rings is 1. The van der Waals surface area contributed by atoms with Crippen molar-refractivity contribution in [3.05, 3.63) is 56.8 Å². The van der Waals surface area contributed by atoms with E-state index in [1.165, 1.54) is 11.3 Å². The lowest BCUT2D eigenvalue weighted by Gasteiger charge is -1.96. The summed E-state index contributed by atoms with van der Waals surface area (Å²) in [6.07, 6.45) is 3.49. The molecule has 0 bridgehead atoms. The summed E-state index contributed by atoms with van der Waals surface area (Å²) >= 11 is 4.83. The summed E-state index contributed by atoms with van der Waals surface area (Å²) in [4.78, 5) is 15.5. The van der Waals surface area contributed by atoms with Gasteiger partial charge in [-0.15, -0.1) is 11.3 Å². The number of hydrogen-bond acceptors (Lipinski definition) is 3. The molecule has 6 heteroatoms. The van der Waals surface area contributed by atoms with E-state index in [1.54, 1.807) is 12.3 Å². The number of rotatable bonds is 3. The Bertz CT molecular complexity index is 777. The highest BCUT2D eigenvalue weighted by Gasteiger charge is 2.05. The normalized spacial score (nSPS) is 11.2. The minimum absolute atomic E-state index is 0.197. The molecule has 0 radical (unpaired) electrons. The van der Waals surface area contributed by atoms with Crippen molar-refractivity contribution in [2.24, 2.45) is 5.10 Å². The molecule has 2 heterocycles. The number of hydrazone groups is 1. The highest BCUT2D eigenvalue weighted by Crippen LogP contribution is 2.21. The lowest BCUT2D eigenvalue weighted by atomic mass is 10.2. The molecule has 0 aliphatic carbocycles. The summed E-state index contributed by atoms with van der Waals surface area (Å²) in [5.74, 6) is -0.197. The first-order valence-electron chi connectivity index (χ1n) is 5.87. The van der Waals surface area contributed by atoms with Gasteiger partial charge in [0.15, 0.2) is 0 Å². The van der Waals surface area contributed by atoms with E-state index in [4.69, 9.17) is 0 Å². The number of nitrogens with zero attached hydrogens (tertiary/aromatic N) is 1. The van der Waals surface area contributed by atoms with E-state index in [0.717, 1.165) is 20.9 Å². The smallest absolute Gasteiger partial charge is 0.281 e. The van der Waals surface area contributed by atoms with Crippen LogP contribution in [0, 0.1) is 0 Å². The maximum absolute atomic E-state index is 11.7. The van der Waals surface area contributed by atoms with Crippen LogP contribution >= 0.6 is 27.3 Å². The Morgan fingerprint density at radius 2 is 2.30 bits per heavy atom. The SMILES string of the molecule is O=C(N/N=C/c1c[nH]c2ccc(Br)cc12)c1cccs1. The number of aromatic amines is 1. The molecule has 0 unspecified atom stereocenters. The van der Waals surface area contributed by atoms with Gasteiger partial charge < -0.3 is 4.98 Å². The van der Waals surface area contributed by atoms with Gasteiger partial charge in [-0.2, -0.15) is 5.10 Å². The molecule has 0 spiro atoms. The summed E-state index contributed by atoms with van der Waals surface area (Å²) < 4.78 is 1.00. The number of H-pyrrole nitrogens is 1. The van der Waals surface area contributed by atoms with Gasteiger partial charge in [0.25, 0.3) is 5.91 Å². The molecule has 0 saturated carbocycles. The van der Waals surface area contributed by atoms with Gasteiger partial charge in [-0.1, -0.05) is 22.0 Å². The Morgan fingerprint density at radius 1 is 1.40 bits per heavy atom. The van der Waals surface area contributed by atoms with Crippen LogP contribution in [-0.4, -0.2) is 17.1 Å². The minimum atomic E-state index is -0.197. The first-order chi connectivity index (χ1) is 9.74. The van der Waals surface area contributed by atoms with Crippen molar-refractivity contribution in [2.45, 2.75) is 0 Å². The van der Waals surface area contributed by atoms with Crippen LogP contribution in [0.15, 0.2) is 51.5 Å². The number of fused-ring (bicyclic) bond motifs is 1. The fraction of sp³-hybridized carbons (Fsp3) is 0. The van der Waals surface area contributed by atoms with Crippen LogP contribution < -0.4 is 5.43 Å². The van der Waals surface area contributed by atoms with Crippen molar-refractivity contribution < 1.29 is 4.79 Å². The number of thiophene rings is 1. The van der Waals surface area contributed by atoms with Gasteiger partial charge >= 0.3 is 0 Å². The van der Waals surface area contributed by atoms with Gasteiger partial charge in [-0.25, -0.2) is 5.43 Å². The van der Waals surface area contributed by atoms with E-state index in [1.807, 2.05) is 35.8 Å². The molecule has 20 heavy (non-hydrogen) atoms. The molecule has 0 aliphatic heterocycles. The Hall–Kier alpha value is -1.92. The number of carbonyl (C=O) groups excluding carboxylic acids is 1. The number of nitrogens with one attached hydrogen (secondary N) is 2. The van der Waals surface area contributed by atoms with Crippen molar-refractivity contribution in [3.63, 3.8) is 0 Å². The molecule has 1 aromatic carbocycles. The molecule has 0 aliphatic rings. The molecule has 0 saturated heterocycles. The van der Waals surface area contributed by atoms with Crippen molar-refractivity contribution in [3.8, 4) is 0 Å². The average Bonchev–Trinajstić information content (AvgIpc) is 3.08. The van der Waals surface area contributed by atoms with Crippen LogP contribution in [0.4, 0.5) is 0 Å². The number of aromatic nitrogens is 1. The maximum atomic E-state index is 11.7. The number of amides is 1. The third-order valence-electron chi connectivity index (χ3n) is 2.79. The largest absolute Gasteiger partial charge is 0.361 e. The Kier molecular flexibility index (Phi) is 3.66. The third kappa shape index (κ3) is 2.66. The fourth-order valence-electron chi connectivity index (χ4n) is 1.84. The van der Waals surface area contributed by atoms with Crippen LogP contribution in [0.25, 0.3) is 10.9 Å². The first-order valence-corrected chi connectivity index (χ1v) is 7.55. The topological polar surface area (TPSA) is 57.2 Å². The molecule has 2 N–H and O–H groups in total. The molecule has 1 amide bonds. The van der Waals surface area contributed by atoms with Crippen molar-refractivity contribution in [2.75, 3.05) is 0 Å². The molecule has 4 nitrogen and oxygen atoms in total. The molecule has 2 aromatic heterocycles. The molecule has 3 aromatic rings. The lowest BCUT2D eigenvalue weighted by Crippen LogP contribution is -2.15. The quantitative estimate of drug-likeness (QED) is 0.550. The Balaban J connectivity index is 1.78. The van der Waals surface area contributed by atoms with E-state index >= 15 is 0 Å². The second kappa shape index (κ2) is 5.60. The van der Waals surface area contributed by atoms with Crippen LogP contribution in [0.5, 0.6) is 0 Å². The predicted octanol–water partition coefficient (Wildman–Crippen LogP) is 3.76. The van der Waals surface area contributed by atoms with E-state index in [0.29, 0.717) is 4.88 Å². The zero-order valence-corrected chi connectivity index (χ0v) is 12.7. The molecule has 0 atom stereocenters. The number of halogens is 1. The van der Waals surface area contributed by atoms with Crippen molar-refractivity contribution in [1.82, 2.24) is 10.4 Å². The van der Waals surface area contributed by atoms with E-state index in [9.17, 15) is 4.79 Å². The lowest BCUT2D eigenvalue weighted by molar-refractivity contribution is 0.0959. The Morgan fingerprint density at radius 3 is 3.10 bits per heavy atom. The summed E-state index contributed by atoms with van der Waals surface area (Å²) in [5.41, 5.74) is 4.47. The van der Waals surface area contributed by atoms with Crippen molar-refractivity contribution in [1.29, 1.82) is 0 Å². The molecule has 100 valence electrons. The van der Waals surface area contributed by atoms with Gasteiger partial charge in [0.1, 0.15) is 0 Å². The summed E-state index contributed by atoms with van der Waals surface area (Å²) in [6, 6.07) is 9.56. The average molecular weight is 348 g/mol. The number of hydrogen-bond donors (Lipinski definition) is 2. The van der Waals surface area contributed by atoms with Gasteiger partial charge in [0, 0.05) is 27.1 Å². The number of carbonyl (C=O) groups is 1. The molecule has 0 fully saturated rings. The maximum Gasteiger partial charge on any atom is 0.281 e. The summed E-state index contributed by atoms with van der Waals surface area (Å²) in [5, 5.41) is 6.90. The zero-order valence-electron chi connectivity index (χ0n) is 10.3. The predicted molar refractivity (Wildman–Crippen MR) is 85.4 cm³/mol. The van der Waals surface area contributed by atoms with Gasteiger partial charge in [-0.05, 0) is 29.6 Å². The summed E-state index contributed by atoms with van der Waals surface area (Å²) in [7, 11) is 0. The Labute approximate surface area is 127 Å². The third-order valence-corrected chi connectivity index (χ3v) is 4.15. The molecule has 3 rings (SSSR count). The first kappa shape index (κ1) is 13.1. The van der Waals surface area contributed by atoms with Crippen LogP contribution in [0.2, 0.25) is 0 Å². The molecular weight excluding hydrogens is 338 g/mol. The van der Waals surface area contributed by atoms with E-state index in [2.05, 4.69) is 31.4 Å². The molecular formula is C14H10BrN3OS. The van der Waals surface area contributed by atoms with Gasteiger partial charge in [-0.3, -0.25) is 4.79 Å². The monoisotopic (exact) mass is 347 g/mol. The second-order valence-corrected chi connectivity index (χ2v) is 5.97. The highest BCUT2D eigenvalue weighted by atomic mass is 79.9.